The van der Waals surface area contributed by atoms with Gasteiger partial charge in [-0.15, -0.1) is 0 Å². The van der Waals surface area contributed by atoms with Crippen LogP contribution in [0.15, 0.2) is 6.33 Å². The summed E-state index contributed by atoms with van der Waals surface area (Å²) in [6, 6.07) is 1.03. The Morgan fingerprint density at radius 3 is 3.00 bits per heavy atom. The molecule has 1 heterocycles. The molecule has 3 nitrogen and oxygen atoms in total. The zero-order chi connectivity index (χ0) is 9.42. The first-order valence-electron chi connectivity index (χ1n) is 4.97. The van der Waals surface area contributed by atoms with Crippen LogP contribution in [0.2, 0.25) is 0 Å². The molecule has 1 unspecified atom stereocenters. The molecule has 0 bridgehead atoms. The molecule has 1 aromatic rings. The van der Waals surface area contributed by atoms with E-state index in [1.807, 2.05) is 13.4 Å². The summed E-state index contributed by atoms with van der Waals surface area (Å²) in [6.45, 7) is 4.40. The van der Waals surface area contributed by atoms with Gasteiger partial charge in [0.25, 0.3) is 0 Å². The van der Waals surface area contributed by atoms with Gasteiger partial charge in [-0.2, -0.15) is 0 Å². The highest BCUT2D eigenvalue weighted by Crippen LogP contribution is 2.31. The third-order valence-electron chi connectivity index (χ3n) is 2.82. The van der Waals surface area contributed by atoms with Crippen molar-refractivity contribution in [1.82, 2.24) is 14.9 Å². The van der Waals surface area contributed by atoms with Crippen molar-refractivity contribution >= 4 is 0 Å². The molecule has 0 radical (unpaired) electrons. The molecule has 13 heavy (non-hydrogen) atoms. The zero-order valence-electron chi connectivity index (χ0n) is 8.54. The van der Waals surface area contributed by atoms with E-state index in [1.165, 1.54) is 17.8 Å². The molecule has 1 aliphatic rings. The van der Waals surface area contributed by atoms with Crippen LogP contribution in [0.5, 0.6) is 0 Å². The van der Waals surface area contributed by atoms with E-state index in [0.29, 0.717) is 12.1 Å². The van der Waals surface area contributed by atoms with Crippen molar-refractivity contribution in [2.24, 2.45) is 0 Å². The number of hydrogen-bond acceptors (Lipinski definition) is 2. The van der Waals surface area contributed by atoms with Crippen LogP contribution in [0.4, 0.5) is 0 Å². The van der Waals surface area contributed by atoms with Gasteiger partial charge in [0.05, 0.1) is 17.7 Å². The van der Waals surface area contributed by atoms with Crippen molar-refractivity contribution in [1.29, 1.82) is 0 Å². The number of aryl methyl sites for hydroxylation is 1. The van der Waals surface area contributed by atoms with E-state index < -0.39 is 0 Å². The van der Waals surface area contributed by atoms with E-state index in [4.69, 9.17) is 0 Å². The number of hydrogen-bond donors (Lipinski definition) is 1. The molecular formula is C10H17N3. The molecule has 1 aliphatic carbocycles. The Kier molecular flexibility index (Phi) is 2.12. The monoisotopic (exact) mass is 179 g/mol. The number of aromatic nitrogens is 2. The fraction of sp³-hybridized carbons (Fsp3) is 0.700. The lowest BCUT2D eigenvalue weighted by molar-refractivity contribution is 0.504. The fourth-order valence-electron chi connectivity index (χ4n) is 2.09. The van der Waals surface area contributed by atoms with E-state index in [1.54, 1.807) is 0 Å². The van der Waals surface area contributed by atoms with Crippen molar-refractivity contribution in [2.75, 3.05) is 7.05 Å². The largest absolute Gasteiger partial charge is 0.330 e. The van der Waals surface area contributed by atoms with Crippen molar-refractivity contribution in [3.8, 4) is 0 Å². The normalized spacial score (nSPS) is 21.1. The van der Waals surface area contributed by atoms with Crippen LogP contribution < -0.4 is 5.32 Å². The van der Waals surface area contributed by atoms with Gasteiger partial charge < -0.3 is 9.88 Å². The van der Waals surface area contributed by atoms with Gasteiger partial charge in [0.15, 0.2) is 0 Å². The Labute approximate surface area is 79.2 Å². The van der Waals surface area contributed by atoms with Crippen LogP contribution in [0.25, 0.3) is 0 Å². The van der Waals surface area contributed by atoms with Crippen LogP contribution in [0.3, 0.4) is 0 Å². The van der Waals surface area contributed by atoms with E-state index in [-0.39, 0.29) is 0 Å². The second-order valence-electron chi connectivity index (χ2n) is 3.96. The first-order valence-corrected chi connectivity index (χ1v) is 4.97. The molecule has 0 saturated carbocycles. The summed E-state index contributed by atoms with van der Waals surface area (Å²) in [7, 11) is 2.03. The van der Waals surface area contributed by atoms with Gasteiger partial charge in [-0.25, -0.2) is 4.98 Å². The van der Waals surface area contributed by atoms with Gasteiger partial charge in [-0.1, -0.05) is 0 Å². The summed E-state index contributed by atoms with van der Waals surface area (Å²) in [5.74, 6) is 0. The minimum atomic E-state index is 0.514. The number of nitrogens with zero attached hydrogens (tertiary/aromatic N) is 2. The molecule has 0 fully saturated rings. The lowest BCUT2D eigenvalue weighted by Crippen LogP contribution is -2.17. The van der Waals surface area contributed by atoms with E-state index in [0.717, 1.165) is 6.42 Å². The molecule has 0 spiro atoms. The van der Waals surface area contributed by atoms with Gasteiger partial charge in [0.1, 0.15) is 0 Å². The first-order chi connectivity index (χ1) is 6.24. The lowest BCUT2D eigenvalue weighted by Gasteiger charge is -2.16. The second-order valence-corrected chi connectivity index (χ2v) is 3.96. The molecule has 0 aromatic carbocycles. The average Bonchev–Trinajstić information content (AvgIpc) is 2.61. The molecule has 1 N–H and O–H groups in total. The number of rotatable bonds is 2. The standard InChI is InChI=1S/C10H17N3/c1-7(2)13-6-12-9-5-4-8(11-3)10(9)13/h6-8,11H,4-5H2,1-3H3. The van der Waals surface area contributed by atoms with E-state index >= 15 is 0 Å². The van der Waals surface area contributed by atoms with Gasteiger partial charge in [0.2, 0.25) is 0 Å². The molecule has 0 aliphatic heterocycles. The number of nitrogens with one attached hydrogen (secondary N) is 1. The summed E-state index contributed by atoms with van der Waals surface area (Å²) in [6.07, 6.45) is 4.29. The van der Waals surface area contributed by atoms with Gasteiger partial charge >= 0.3 is 0 Å². The SMILES string of the molecule is CNC1CCc2ncn(C(C)C)c21. The highest BCUT2D eigenvalue weighted by atomic mass is 15.1. The molecule has 2 rings (SSSR count). The summed E-state index contributed by atoms with van der Waals surface area (Å²) >= 11 is 0. The van der Waals surface area contributed by atoms with Crippen molar-refractivity contribution in [3.05, 3.63) is 17.7 Å². The summed E-state index contributed by atoms with van der Waals surface area (Å²) in [5, 5.41) is 3.34. The smallest absolute Gasteiger partial charge is 0.0954 e. The van der Waals surface area contributed by atoms with Crippen molar-refractivity contribution in [3.63, 3.8) is 0 Å². The van der Waals surface area contributed by atoms with Crippen LogP contribution in [-0.2, 0) is 6.42 Å². The summed E-state index contributed by atoms with van der Waals surface area (Å²) in [5.41, 5.74) is 2.69. The Balaban J connectivity index is 2.40. The second kappa shape index (κ2) is 3.14. The Hall–Kier alpha value is -0.830. The van der Waals surface area contributed by atoms with Crippen LogP contribution >= 0.6 is 0 Å². The third kappa shape index (κ3) is 1.27. The van der Waals surface area contributed by atoms with Gasteiger partial charge in [-0.3, -0.25) is 0 Å². The molecular weight excluding hydrogens is 162 g/mol. The first kappa shape index (κ1) is 8.75. The van der Waals surface area contributed by atoms with Crippen molar-refractivity contribution in [2.45, 2.75) is 38.8 Å². The average molecular weight is 179 g/mol. The third-order valence-corrected chi connectivity index (χ3v) is 2.82. The number of fused-ring (bicyclic) bond motifs is 1. The van der Waals surface area contributed by atoms with Gasteiger partial charge in [0, 0.05) is 12.1 Å². The molecule has 0 amide bonds. The lowest BCUT2D eigenvalue weighted by atomic mass is 10.2. The van der Waals surface area contributed by atoms with E-state index in [2.05, 4.69) is 28.7 Å². The zero-order valence-corrected chi connectivity index (χ0v) is 8.54. The molecule has 3 heteroatoms. The Morgan fingerprint density at radius 1 is 1.62 bits per heavy atom. The molecule has 0 saturated heterocycles. The topological polar surface area (TPSA) is 29.9 Å². The maximum Gasteiger partial charge on any atom is 0.0954 e. The number of imidazole rings is 1. The predicted molar refractivity (Wildman–Crippen MR) is 52.7 cm³/mol. The van der Waals surface area contributed by atoms with Crippen LogP contribution in [0.1, 0.15) is 43.7 Å². The minimum Gasteiger partial charge on any atom is -0.330 e. The quantitative estimate of drug-likeness (QED) is 0.748. The Morgan fingerprint density at radius 2 is 2.38 bits per heavy atom. The highest BCUT2D eigenvalue weighted by Gasteiger charge is 2.26. The maximum atomic E-state index is 4.44. The minimum absolute atomic E-state index is 0.514. The van der Waals surface area contributed by atoms with E-state index in [9.17, 15) is 0 Å². The Bertz CT molecular complexity index is 301. The van der Waals surface area contributed by atoms with Crippen molar-refractivity contribution < 1.29 is 0 Å². The summed E-state index contributed by atoms with van der Waals surface area (Å²) < 4.78 is 2.28. The maximum absolute atomic E-state index is 4.44. The predicted octanol–water partition coefficient (Wildman–Crippen LogP) is 1.67. The molecule has 1 aromatic heterocycles. The fourth-order valence-corrected chi connectivity index (χ4v) is 2.09. The van der Waals surface area contributed by atoms with Crippen LogP contribution in [-0.4, -0.2) is 16.6 Å². The summed E-state index contributed by atoms with van der Waals surface area (Å²) in [4.78, 5) is 4.44. The van der Waals surface area contributed by atoms with Gasteiger partial charge in [-0.05, 0) is 33.7 Å². The molecule has 72 valence electrons. The van der Waals surface area contributed by atoms with Crippen LogP contribution in [0, 0.1) is 0 Å². The molecule has 1 atom stereocenters. The highest BCUT2D eigenvalue weighted by molar-refractivity contribution is 5.23.